The van der Waals surface area contributed by atoms with Crippen LogP contribution in [0.25, 0.3) is 0 Å². The molecule has 6 heteroatoms. The fourth-order valence-corrected chi connectivity index (χ4v) is 1.20. The molecule has 0 aliphatic heterocycles. The van der Waals surface area contributed by atoms with E-state index in [0.717, 1.165) is 13.0 Å². The average Bonchev–Trinajstić information content (AvgIpc) is 2.58. The van der Waals surface area contributed by atoms with Crippen LogP contribution in [0.4, 0.5) is 0 Å². The highest BCUT2D eigenvalue weighted by molar-refractivity contribution is 7.71. The second kappa shape index (κ2) is 5.54. The molecule has 0 bridgehead atoms. The van der Waals surface area contributed by atoms with E-state index in [0.29, 0.717) is 17.7 Å². The largest absolute Gasteiger partial charge is 0.356 e. The summed E-state index contributed by atoms with van der Waals surface area (Å²) in [6, 6.07) is 0. The van der Waals surface area contributed by atoms with E-state index in [1.165, 1.54) is 0 Å². The van der Waals surface area contributed by atoms with Crippen LogP contribution in [0.15, 0.2) is 6.33 Å². The van der Waals surface area contributed by atoms with E-state index >= 15 is 0 Å². The zero-order chi connectivity index (χ0) is 10.4. The molecule has 1 aromatic rings. The van der Waals surface area contributed by atoms with Crippen molar-refractivity contribution in [3.05, 3.63) is 11.1 Å². The molecule has 0 saturated heterocycles. The lowest BCUT2D eigenvalue weighted by Crippen LogP contribution is -2.24. The number of hydrogen-bond acceptors (Lipinski definition) is 3. The number of amides is 1. The predicted molar refractivity (Wildman–Crippen MR) is 55.3 cm³/mol. The fourth-order valence-electron chi connectivity index (χ4n) is 1.00. The van der Waals surface area contributed by atoms with Gasteiger partial charge in [-0.05, 0) is 18.6 Å². The monoisotopic (exact) mass is 214 g/mol. The minimum atomic E-state index is 0.0509. The van der Waals surface area contributed by atoms with Crippen molar-refractivity contribution in [2.75, 3.05) is 6.54 Å². The van der Waals surface area contributed by atoms with Crippen LogP contribution in [0.5, 0.6) is 0 Å². The summed E-state index contributed by atoms with van der Waals surface area (Å²) in [7, 11) is 0. The number of nitrogens with zero attached hydrogens (tertiary/aromatic N) is 2. The summed E-state index contributed by atoms with van der Waals surface area (Å²) >= 11 is 4.94. The van der Waals surface area contributed by atoms with Gasteiger partial charge in [0, 0.05) is 19.5 Å². The van der Waals surface area contributed by atoms with Gasteiger partial charge in [0.25, 0.3) is 0 Å². The Morgan fingerprint density at radius 1 is 1.79 bits per heavy atom. The van der Waals surface area contributed by atoms with E-state index < -0.39 is 0 Å². The smallest absolute Gasteiger partial charge is 0.221 e. The number of rotatable bonds is 5. The summed E-state index contributed by atoms with van der Waals surface area (Å²) in [5.41, 5.74) is 0. The van der Waals surface area contributed by atoms with Crippen LogP contribution in [0.2, 0.25) is 0 Å². The Hall–Kier alpha value is -1.17. The van der Waals surface area contributed by atoms with Crippen molar-refractivity contribution in [1.29, 1.82) is 0 Å². The highest BCUT2D eigenvalue weighted by atomic mass is 32.1. The van der Waals surface area contributed by atoms with Crippen molar-refractivity contribution in [2.45, 2.75) is 26.3 Å². The number of carbonyl (C=O) groups excluding carboxylic acids is 1. The molecular formula is C8H14N4OS. The second-order valence-electron chi connectivity index (χ2n) is 2.95. The van der Waals surface area contributed by atoms with Gasteiger partial charge in [-0.3, -0.25) is 9.89 Å². The molecule has 2 N–H and O–H groups in total. The fraction of sp³-hybridized carbons (Fsp3) is 0.625. The van der Waals surface area contributed by atoms with Crippen molar-refractivity contribution in [1.82, 2.24) is 20.1 Å². The van der Waals surface area contributed by atoms with Gasteiger partial charge in [-0.25, -0.2) is 0 Å². The summed E-state index contributed by atoms with van der Waals surface area (Å²) in [5.74, 6) is 0.0509. The molecule has 0 saturated carbocycles. The molecule has 14 heavy (non-hydrogen) atoms. The third-order valence-corrected chi connectivity index (χ3v) is 2.10. The Morgan fingerprint density at radius 3 is 3.14 bits per heavy atom. The lowest BCUT2D eigenvalue weighted by molar-refractivity contribution is -0.121. The molecule has 0 unspecified atom stereocenters. The van der Waals surface area contributed by atoms with Gasteiger partial charge in [0.15, 0.2) is 4.77 Å². The summed E-state index contributed by atoms with van der Waals surface area (Å²) in [6.45, 7) is 3.33. The van der Waals surface area contributed by atoms with Gasteiger partial charge in [0.05, 0.1) is 0 Å². The van der Waals surface area contributed by atoms with Crippen LogP contribution in [-0.2, 0) is 11.3 Å². The maximum atomic E-state index is 11.2. The second-order valence-corrected chi connectivity index (χ2v) is 3.34. The van der Waals surface area contributed by atoms with Crippen LogP contribution in [0.1, 0.15) is 19.8 Å². The minimum Gasteiger partial charge on any atom is -0.356 e. The summed E-state index contributed by atoms with van der Waals surface area (Å²) in [5, 5.41) is 9.19. The lowest BCUT2D eigenvalue weighted by atomic mass is 10.4. The molecule has 1 heterocycles. The van der Waals surface area contributed by atoms with E-state index in [9.17, 15) is 4.79 Å². The molecular weight excluding hydrogens is 200 g/mol. The van der Waals surface area contributed by atoms with Gasteiger partial charge < -0.3 is 9.88 Å². The first kappa shape index (κ1) is 10.9. The van der Waals surface area contributed by atoms with E-state index in [1.807, 2.05) is 6.92 Å². The van der Waals surface area contributed by atoms with E-state index in [1.54, 1.807) is 10.9 Å². The van der Waals surface area contributed by atoms with Crippen LogP contribution < -0.4 is 5.32 Å². The summed E-state index contributed by atoms with van der Waals surface area (Å²) in [4.78, 5) is 11.2. The van der Waals surface area contributed by atoms with Crippen LogP contribution in [0.3, 0.4) is 0 Å². The third-order valence-electron chi connectivity index (χ3n) is 1.77. The number of nitrogens with one attached hydrogen (secondary N) is 2. The van der Waals surface area contributed by atoms with Crippen molar-refractivity contribution >= 4 is 18.1 Å². The predicted octanol–water partition coefficient (Wildman–Crippen LogP) is 0.857. The number of aromatic nitrogens is 3. The first-order valence-electron chi connectivity index (χ1n) is 4.60. The molecule has 0 spiro atoms. The number of aromatic amines is 1. The minimum absolute atomic E-state index is 0.0509. The van der Waals surface area contributed by atoms with E-state index in [2.05, 4.69) is 15.5 Å². The number of carbonyl (C=O) groups is 1. The van der Waals surface area contributed by atoms with Gasteiger partial charge in [0.1, 0.15) is 6.33 Å². The Balaban J connectivity index is 2.31. The SMILES string of the molecule is CCCNC(=O)CCn1cn[nH]c1=S. The number of aryl methyl sites for hydroxylation is 1. The average molecular weight is 214 g/mol. The van der Waals surface area contributed by atoms with Gasteiger partial charge in [-0.15, -0.1) is 0 Å². The number of H-pyrrole nitrogens is 1. The van der Waals surface area contributed by atoms with E-state index in [4.69, 9.17) is 12.2 Å². The van der Waals surface area contributed by atoms with Crippen molar-refractivity contribution in [3.8, 4) is 0 Å². The van der Waals surface area contributed by atoms with Crippen molar-refractivity contribution in [2.24, 2.45) is 0 Å². The Labute approximate surface area is 87.5 Å². The Bertz CT molecular complexity index is 343. The topological polar surface area (TPSA) is 62.7 Å². The molecule has 1 rings (SSSR count). The Kier molecular flexibility index (Phi) is 4.31. The normalized spacial score (nSPS) is 10.1. The summed E-state index contributed by atoms with van der Waals surface area (Å²) in [6.07, 6.45) is 2.99. The molecule has 0 aromatic carbocycles. The molecule has 0 radical (unpaired) electrons. The zero-order valence-electron chi connectivity index (χ0n) is 8.12. The van der Waals surface area contributed by atoms with Gasteiger partial charge in [0.2, 0.25) is 5.91 Å². The highest BCUT2D eigenvalue weighted by Crippen LogP contribution is 1.91. The first-order valence-corrected chi connectivity index (χ1v) is 5.01. The molecule has 78 valence electrons. The molecule has 0 atom stereocenters. The Morgan fingerprint density at radius 2 is 2.57 bits per heavy atom. The van der Waals surface area contributed by atoms with E-state index in [-0.39, 0.29) is 5.91 Å². The molecule has 0 aliphatic rings. The molecule has 1 amide bonds. The maximum absolute atomic E-state index is 11.2. The van der Waals surface area contributed by atoms with Crippen LogP contribution in [-0.4, -0.2) is 27.2 Å². The summed E-state index contributed by atoms with van der Waals surface area (Å²) < 4.78 is 2.29. The highest BCUT2D eigenvalue weighted by Gasteiger charge is 2.00. The van der Waals surface area contributed by atoms with Crippen LogP contribution >= 0.6 is 12.2 Å². The van der Waals surface area contributed by atoms with Gasteiger partial charge in [-0.2, -0.15) is 5.10 Å². The quantitative estimate of drug-likeness (QED) is 0.714. The third kappa shape index (κ3) is 3.29. The van der Waals surface area contributed by atoms with Gasteiger partial charge >= 0.3 is 0 Å². The standard InChI is InChI=1S/C8H14N4OS/c1-2-4-9-7(13)3-5-12-6-10-11-8(12)14/h6H,2-5H2,1H3,(H,9,13)(H,11,14). The van der Waals surface area contributed by atoms with Crippen molar-refractivity contribution in [3.63, 3.8) is 0 Å². The van der Waals surface area contributed by atoms with Crippen LogP contribution in [0, 0.1) is 4.77 Å². The molecule has 0 fully saturated rings. The molecule has 1 aromatic heterocycles. The van der Waals surface area contributed by atoms with Crippen molar-refractivity contribution < 1.29 is 4.79 Å². The molecule has 5 nitrogen and oxygen atoms in total. The maximum Gasteiger partial charge on any atom is 0.221 e. The lowest BCUT2D eigenvalue weighted by Gasteiger charge is -2.03. The molecule has 0 aliphatic carbocycles. The number of hydrogen-bond donors (Lipinski definition) is 2. The van der Waals surface area contributed by atoms with Gasteiger partial charge in [-0.1, -0.05) is 6.92 Å². The zero-order valence-corrected chi connectivity index (χ0v) is 8.93. The first-order chi connectivity index (χ1) is 6.74.